The van der Waals surface area contributed by atoms with Crippen LogP contribution in [0.3, 0.4) is 0 Å². The van der Waals surface area contributed by atoms with Crippen molar-refractivity contribution >= 4 is 41.2 Å². The molecule has 5 rings (SSSR count). The predicted octanol–water partition coefficient (Wildman–Crippen LogP) is 5.57. The molecule has 0 aromatic heterocycles. The van der Waals surface area contributed by atoms with Crippen LogP contribution in [0.15, 0.2) is 96.6 Å². The molecular formula is C35H31N3O7. The fraction of sp³-hybridized carbons (Fsp3) is 0.143. The lowest BCUT2D eigenvalue weighted by Gasteiger charge is -2.26. The van der Waals surface area contributed by atoms with Crippen molar-refractivity contribution in [2.24, 2.45) is 0 Å². The summed E-state index contributed by atoms with van der Waals surface area (Å²) in [7, 11) is 1.43. The van der Waals surface area contributed by atoms with Crippen molar-refractivity contribution in [1.82, 2.24) is 5.32 Å². The van der Waals surface area contributed by atoms with Gasteiger partial charge < -0.3 is 19.5 Å². The summed E-state index contributed by atoms with van der Waals surface area (Å²) in [5.41, 5.74) is 4.29. The summed E-state index contributed by atoms with van der Waals surface area (Å²) in [6, 6.07) is 25.6. The zero-order valence-electron chi connectivity index (χ0n) is 25.0. The normalized spacial score (nSPS) is 13.8. The predicted molar refractivity (Wildman–Crippen MR) is 169 cm³/mol. The molecule has 0 unspecified atom stereocenters. The van der Waals surface area contributed by atoms with E-state index in [1.807, 2.05) is 62.4 Å². The molecule has 10 nitrogen and oxygen atoms in total. The van der Waals surface area contributed by atoms with Crippen molar-refractivity contribution in [2.45, 2.75) is 20.5 Å². The van der Waals surface area contributed by atoms with E-state index in [4.69, 9.17) is 14.2 Å². The summed E-state index contributed by atoms with van der Waals surface area (Å²) in [4.78, 5) is 52.1. The van der Waals surface area contributed by atoms with Gasteiger partial charge in [0.05, 0.1) is 12.8 Å². The van der Waals surface area contributed by atoms with Gasteiger partial charge in [-0.3, -0.25) is 19.7 Å². The molecule has 0 bridgehead atoms. The Morgan fingerprint density at radius 2 is 1.60 bits per heavy atom. The Kier molecular flexibility index (Phi) is 9.23. The number of ether oxygens (including phenoxy) is 3. The summed E-state index contributed by atoms with van der Waals surface area (Å²) >= 11 is 0. The highest BCUT2D eigenvalue weighted by atomic mass is 16.5. The number of carbonyl (C=O) groups is 4. The number of amides is 5. The number of imide groups is 2. The lowest BCUT2D eigenvalue weighted by atomic mass is 10.1. The number of carbonyl (C=O) groups excluding carboxylic acids is 4. The highest BCUT2D eigenvalue weighted by molar-refractivity contribution is 6.39. The fourth-order valence-corrected chi connectivity index (χ4v) is 4.54. The fourth-order valence-electron chi connectivity index (χ4n) is 4.54. The van der Waals surface area contributed by atoms with Crippen LogP contribution in [-0.4, -0.2) is 37.5 Å². The number of benzene rings is 4. The van der Waals surface area contributed by atoms with Crippen molar-refractivity contribution in [3.05, 3.63) is 119 Å². The number of aryl methyl sites for hydroxylation is 2. The van der Waals surface area contributed by atoms with E-state index in [1.165, 1.54) is 13.2 Å². The maximum absolute atomic E-state index is 13.4. The minimum Gasteiger partial charge on any atom is -0.493 e. The SMILES string of the molecule is COc1cc(/C=C2/C(=O)NC(=O)N(c3ccc(OCc4ccccc4)cc3)C2=O)ccc1OCC(=O)Nc1ccc(C)c(C)c1. The Balaban J connectivity index is 1.26. The third kappa shape index (κ3) is 7.37. The molecule has 1 saturated heterocycles. The summed E-state index contributed by atoms with van der Waals surface area (Å²) < 4.78 is 16.9. The quantitative estimate of drug-likeness (QED) is 0.179. The van der Waals surface area contributed by atoms with Crippen LogP contribution >= 0.6 is 0 Å². The van der Waals surface area contributed by atoms with Crippen LogP contribution in [0.5, 0.6) is 17.2 Å². The minimum absolute atomic E-state index is 0.248. The molecule has 4 aromatic rings. The maximum atomic E-state index is 13.4. The van der Waals surface area contributed by atoms with Crippen LogP contribution in [0, 0.1) is 13.8 Å². The molecule has 1 aliphatic heterocycles. The number of hydrogen-bond acceptors (Lipinski definition) is 7. The van der Waals surface area contributed by atoms with Crippen LogP contribution in [0.2, 0.25) is 0 Å². The van der Waals surface area contributed by atoms with Crippen molar-refractivity contribution in [3.8, 4) is 17.2 Å². The van der Waals surface area contributed by atoms with E-state index in [-0.39, 0.29) is 29.5 Å². The van der Waals surface area contributed by atoms with Crippen molar-refractivity contribution < 1.29 is 33.4 Å². The Morgan fingerprint density at radius 1 is 0.844 bits per heavy atom. The minimum atomic E-state index is -0.861. The number of barbiturate groups is 1. The average molecular weight is 606 g/mol. The summed E-state index contributed by atoms with van der Waals surface area (Å²) in [5, 5.41) is 5.01. The molecule has 0 atom stereocenters. The first-order valence-electron chi connectivity index (χ1n) is 14.1. The third-order valence-corrected chi connectivity index (χ3v) is 7.09. The van der Waals surface area contributed by atoms with Gasteiger partial charge in [0.1, 0.15) is 17.9 Å². The molecule has 45 heavy (non-hydrogen) atoms. The van der Waals surface area contributed by atoms with Crippen LogP contribution in [-0.2, 0) is 21.0 Å². The van der Waals surface area contributed by atoms with Crippen molar-refractivity contribution in [2.75, 3.05) is 23.9 Å². The Labute approximate surface area is 260 Å². The van der Waals surface area contributed by atoms with Crippen LogP contribution in [0.25, 0.3) is 6.08 Å². The molecule has 0 radical (unpaired) electrons. The summed E-state index contributed by atoms with van der Waals surface area (Å²) in [5.74, 6) is -0.838. The van der Waals surface area contributed by atoms with E-state index in [2.05, 4.69) is 10.6 Å². The van der Waals surface area contributed by atoms with Gasteiger partial charge in [-0.1, -0.05) is 42.5 Å². The second kappa shape index (κ2) is 13.6. The molecular weight excluding hydrogens is 574 g/mol. The Bertz CT molecular complexity index is 1780. The number of nitrogens with zero attached hydrogens (tertiary/aromatic N) is 1. The molecule has 0 spiro atoms. The van der Waals surface area contributed by atoms with E-state index in [0.717, 1.165) is 21.6 Å². The summed E-state index contributed by atoms with van der Waals surface area (Å²) in [6.07, 6.45) is 1.35. The van der Waals surface area contributed by atoms with Gasteiger partial charge in [-0.15, -0.1) is 0 Å². The van der Waals surface area contributed by atoms with Gasteiger partial charge in [0.2, 0.25) is 0 Å². The van der Waals surface area contributed by atoms with E-state index in [1.54, 1.807) is 42.5 Å². The molecule has 0 saturated carbocycles. The number of methoxy groups -OCH3 is 1. The molecule has 228 valence electrons. The lowest BCUT2D eigenvalue weighted by Crippen LogP contribution is -2.54. The average Bonchev–Trinajstić information content (AvgIpc) is 3.04. The van der Waals surface area contributed by atoms with Crippen LogP contribution in [0.1, 0.15) is 22.3 Å². The van der Waals surface area contributed by atoms with E-state index < -0.39 is 17.8 Å². The zero-order chi connectivity index (χ0) is 31.9. The Morgan fingerprint density at radius 3 is 2.31 bits per heavy atom. The molecule has 10 heteroatoms. The number of urea groups is 1. The first kappa shape index (κ1) is 30.6. The number of hydrogen-bond donors (Lipinski definition) is 2. The van der Waals surface area contributed by atoms with E-state index >= 15 is 0 Å². The second-order valence-corrected chi connectivity index (χ2v) is 10.3. The smallest absolute Gasteiger partial charge is 0.335 e. The molecule has 0 aliphatic carbocycles. The monoisotopic (exact) mass is 605 g/mol. The van der Waals surface area contributed by atoms with Gasteiger partial charge in [-0.2, -0.15) is 0 Å². The topological polar surface area (TPSA) is 123 Å². The van der Waals surface area contributed by atoms with Crippen LogP contribution in [0.4, 0.5) is 16.2 Å². The van der Waals surface area contributed by atoms with E-state index in [9.17, 15) is 19.2 Å². The number of rotatable bonds is 10. The molecule has 5 amide bonds. The van der Waals surface area contributed by atoms with E-state index in [0.29, 0.717) is 29.4 Å². The molecule has 1 aliphatic rings. The standard InChI is InChI=1S/C35H31N3O7/c1-22-9-11-26(17-23(22)2)36-32(39)21-45-30-16-10-25(19-31(30)43-3)18-29-33(40)37-35(42)38(34(29)41)27-12-14-28(15-13-27)44-20-24-7-5-4-6-8-24/h4-19H,20-21H2,1-3H3,(H,36,39)(H,37,40,42)/b29-18-. The second-order valence-electron chi connectivity index (χ2n) is 10.3. The van der Waals surface area contributed by atoms with Gasteiger partial charge in [-0.25, -0.2) is 9.69 Å². The van der Waals surface area contributed by atoms with Gasteiger partial charge in [0, 0.05) is 5.69 Å². The van der Waals surface area contributed by atoms with Crippen molar-refractivity contribution in [1.29, 1.82) is 0 Å². The largest absolute Gasteiger partial charge is 0.493 e. The number of anilines is 2. The maximum Gasteiger partial charge on any atom is 0.335 e. The molecule has 2 N–H and O–H groups in total. The van der Waals surface area contributed by atoms with Gasteiger partial charge in [0.25, 0.3) is 17.7 Å². The summed E-state index contributed by atoms with van der Waals surface area (Å²) in [6.45, 7) is 4.05. The number of nitrogens with one attached hydrogen (secondary N) is 2. The molecule has 4 aromatic carbocycles. The zero-order valence-corrected chi connectivity index (χ0v) is 25.0. The van der Waals surface area contributed by atoms with Crippen molar-refractivity contribution in [3.63, 3.8) is 0 Å². The van der Waals surface area contributed by atoms with Gasteiger partial charge >= 0.3 is 6.03 Å². The lowest BCUT2D eigenvalue weighted by molar-refractivity contribution is -0.122. The van der Waals surface area contributed by atoms with Crippen LogP contribution < -0.4 is 29.7 Å². The van der Waals surface area contributed by atoms with Gasteiger partial charge in [-0.05, 0) is 90.7 Å². The first-order chi connectivity index (χ1) is 21.7. The first-order valence-corrected chi connectivity index (χ1v) is 14.1. The highest BCUT2D eigenvalue weighted by Crippen LogP contribution is 2.30. The molecule has 1 heterocycles. The molecule has 1 fully saturated rings. The Hall–Kier alpha value is -5.90. The highest BCUT2D eigenvalue weighted by Gasteiger charge is 2.36. The van der Waals surface area contributed by atoms with Gasteiger partial charge in [0.15, 0.2) is 18.1 Å². The third-order valence-electron chi connectivity index (χ3n) is 7.09.